The summed E-state index contributed by atoms with van der Waals surface area (Å²) < 4.78 is 11.1. The van der Waals surface area contributed by atoms with Gasteiger partial charge in [-0.2, -0.15) is 0 Å². The van der Waals surface area contributed by atoms with Gasteiger partial charge in [-0.3, -0.25) is 9.59 Å². The molecule has 2 heterocycles. The van der Waals surface area contributed by atoms with Crippen LogP contribution in [0.1, 0.15) is 23.4 Å². The lowest BCUT2D eigenvalue weighted by molar-refractivity contribution is -0.121. The summed E-state index contributed by atoms with van der Waals surface area (Å²) in [6, 6.07) is 15.3. The molecule has 2 amide bonds. The number of hydrogen-bond donors (Lipinski definition) is 1. The van der Waals surface area contributed by atoms with Gasteiger partial charge >= 0.3 is 0 Å². The summed E-state index contributed by atoms with van der Waals surface area (Å²) in [4.78, 5) is 27.0. The van der Waals surface area contributed by atoms with E-state index in [4.69, 9.17) is 32.4 Å². The number of benzene rings is 2. The monoisotopic (exact) mass is 458 g/mol. The second-order valence-electron chi connectivity index (χ2n) is 7.23. The fourth-order valence-corrected chi connectivity index (χ4v) is 3.75. The molecule has 6 nitrogen and oxygen atoms in total. The highest BCUT2D eigenvalue weighted by molar-refractivity contribution is 6.31. The number of nitrogens with one attached hydrogen (secondary N) is 1. The number of hydrogen-bond acceptors (Lipinski definition) is 4. The standard InChI is InChI=1S/C23H20Cl2N2O4/c24-16-3-6-18(7-4-16)31-20-8-5-17(25)14-19(20)26-22(28)15-9-11-27(12-10-15)23(29)21-2-1-13-30-21/h1-8,13-15H,9-12H2,(H,26,28). The van der Waals surface area contributed by atoms with Crippen molar-refractivity contribution in [3.63, 3.8) is 0 Å². The van der Waals surface area contributed by atoms with Gasteiger partial charge in [0.05, 0.1) is 12.0 Å². The molecule has 1 saturated heterocycles. The number of carbonyl (C=O) groups is 2. The van der Waals surface area contributed by atoms with E-state index in [0.29, 0.717) is 58.9 Å². The summed E-state index contributed by atoms with van der Waals surface area (Å²) in [6.07, 6.45) is 2.60. The number of ether oxygens (including phenoxy) is 1. The van der Waals surface area contributed by atoms with Crippen LogP contribution in [0.15, 0.2) is 65.3 Å². The molecule has 4 rings (SSSR count). The van der Waals surface area contributed by atoms with Gasteiger partial charge in [-0.25, -0.2) is 0 Å². The van der Waals surface area contributed by atoms with Crippen molar-refractivity contribution in [2.45, 2.75) is 12.8 Å². The molecule has 0 atom stereocenters. The van der Waals surface area contributed by atoms with Gasteiger partial charge in [0, 0.05) is 29.1 Å². The van der Waals surface area contributed by atoms with Crippen LogP contribution >= 0.6 is 23.2 Å². The van der Waals surface area contributed by atoms with Gasteiger partial charge in [0.15, 0.2) is 11.5 Å². The SMILES string of the molecule is O=C(Nc1cc(Cl)ccc1Oc1ccc(Cl)cc1)C1CCN(C(=O)c2ccco2)CC1. The molecule has 0 spiro atoms. The summed E-state index contributed by atoms with van der Waals surface area (Å²) in [5, 5.41) is 4.02. The number of rotatable bonds is 5. The van der Waals surface area contributed by atoms with Crippen molar-refractivity contribution in [1.82, 2.24) is 4.90 Å². The molecule has 3 aromatic rings. The molecule has 0 aliphatic carbocycles. The van der Waals surface area contributed by atoms with E-state index >= 15 is 0 Å². The number of nitrogens with zero attached hydrogens (tertiary/aromatic N) is 1. The van der Waals surface area contributed by atoms with Crippen LogP contribution in [-0.2, 0) is 4.79 Å². The molecule has 1 N–H and O–H groups in total. The van der Waals surface area contributed by atoms with E-state index in [0.717, 1.165) is 0 Å². The molecule has 0 saturated carbocycles. The third-order valence-electron chi connectivity index (χ3n) is 5.13. The smallest absolute Gasteiger partial charge is 0.289 e. The van der Waals surface area contributed by atoms with Gasteiger partial charge in [0.25, 0.3) is 5.91 Å². The first kappa shape index (κ1) is 21.3. The van der Waals surface area contributed by atoms with Gasteiger partial charge in [-0.1, -0.05) is 23.2 Å². The molecule has 160 valence electrons. The van der Waals surface area contributed by atoms with Crippen molar-refractivity contribution < 1.29 is 18.7 Å². The lowest BCUT2D eigenvalue weighted by Gasteiger charge is -2.30. The summed E-state index contributed by atoms with van der Waals surface area (Å²) in [7, 11) is 0. The van der Waals surface area contributed by atoms with Crippen molar-refractivity contribution in [3.8, 4) is 11.5 Å². The quantitative estimate of drug-likeness (QED) is 0.518. The van der Waals surface area contributed by atoms with Crippen molar-refractivity contribution in [3.05, 3.63) is 76.7 Å². The molecule has 0 bridgehead atoms. The van der Waals surface area contributed by atoms with Crippen LogP contribution in [0.5, 0.6) is 11.5 Å². The number of likely N-dealkylation sites (tertiary alicyclic amines) is 1. The van der Waals surface area contributed by atoms with Crippen LogP contribution in [0, 0.1) is 5.92 Å². The molecule has 31 heavy (non-hydrogen) atoms. The number of carbonyl (C=O) groups excluding carboxylic acids is 2. The average Bonchev–Trinajstić information content (AvgIpc) is 3.32. The Balaban J connectivity index is 1.40. The van der Waals surface area contributed by atoms with E-state index in [9.17, 15) is 9.59 Å². The predicted molar refractivity (Wildman–Crippen MR) is 119 cm³/mol. The zero-order valence-electron chi connectivity index (χ0n) is 16.5. The van der Waals surface area contributed by atoms with Crippen LogP contribution in [-0.4, -0.2) is 29.8 Å². The summed E-state index contributed by atoms with van der Waals surface area (Å²) in [6.45, 7) is 0.975. The zero-order valence-corrected chi connectivity index (χ0v) is 18.0. The maximum Gasteiger partial charge on any atom is 0.289 e. The second-order valence-corrected chi connectivity index (χ2v) is 8.10. The Morgan fingerprint density at radius 2 is 1.71 bits per heavy atom. The molecule has 1 aliphatic rings. The minimum absolute atomic E-state index is 0.131. The zero-order chi connectivity index (χ0) is 21.8. The number of piperidine rings is 1. The first-order chi connectivity index (χ1) is 15.0. The van der Waals surface area contributed by atoms with Crippen LogP contribution in [0.4, 0.5) is 5.69 Å². The molecular formula is C23H20Cl2N2O4. The summed E-state index contributed by atoms with van der Waals surface area (Å²) in [5.41, 5.74) is 0.488. The minimum atomic E-state index is -0.219. The minimum Gasteiger partial charge on any atom is -0.459 e. The van der Waals surface area contributed by atoms with Crippen LogP contribution in [0.25, 0.3) is 0 Å². The maximum absolute atomic E-state index is 12.9. The Kier molecular flexibility index (Phi) is 6.49. The Morgan fingerprint density at radius 3 is 2.39 bits per heavy atom. The molecule has 1 aromatic heterocycles. The van der Waals surface area contributed by atoms with E-state index in [1.54, 1.807) is 59.5 Å². The van der Waals surface area contributed by atoms with Gasteiger partial charge in [-0.15, -0.1) is 0 Å². The Bertz CT molecular complexity index is 1060. The molecule has 1 aliphatic heterocycles. The first-order valence-electron chi connectivity index (χ1n) is 9.86. The molecular weight excluding hydrogens is 439 g/mol. The third kappa shape index (κ3) is 5.21. The van der Waals surface area contributed by atoms with E-state index < -0.39 is 0 Å². The predicted octanol–water partition coefficient (Wildman–Crippen LogP) is 5.87. The number of amides is 2. The number of furan rings is 1. The lowest BCUT2D eigenvalue weighted by Crippen LogP contribution is -2.41. The fraction of sp³-hybridized carbons (Fsp3) is 0.217. The fourth-order valence-electron chi connectivity index (χ4n) is 3.45. The summed E-state index contributed by atoms with van der Waals surface area (Å²) >= 11 is 12.1. The number of anilines is 1. The third-order valence-corrected chi connectivity index (χ3v) is 5.61. The normalized spacial score (nSPS) is 14.3. The van der Waals surface area contributed by atoms with E-state index in [1.165, 1.54) is 6.26 Å². The van der Waals surface area contributed by atoms with Gasteiger partial charge in [0.1, 0.15) is 5.75 Å². The molecule has 0 unspecified atom stereocenters. The van der Waals surface area contributed by atoms with Crippen LogP contribution < -0.4 is 10.1 Å². The van der Waals surface area contributed by atoms with E-state index in [2.05, 4.69) is 5.32 Å². The topological polar surface area (TPSA) is 71.8 Å². The molecule has 8 heteroatoms. The summed E-state index contributed by atoms with van der Waals surface area (Å²) in [5.74, 6) is 0.872. The van der Waals surface area contributed by atoms with Crippen LogP contribution in [0.3, 0.4) is 0 Å². The Hall–Kier alpha value is -2.96. The average molecular weight is 459 g/mol. The molecule has 2 aromatic carbocycles. The molecule has 0 radical (unpaired) electrons. The van der Waals surface area contributed by atoms with Crippen molar-refractivity contribution in [2.75, 3.05) is 18.4 Å². The Morgan fingerprint density at radius 1 is 1.00 bits per heavy atom. The van der Waals surface area contributed by atoms with Crippen molar-refractivity contribution in [2.24, 2.45) is 5.92 Å². The first-order valence-corrected chi connectivity index (χ1v) is 10.6. The highest BCUT2D eigenvalue weighted by atomic mass is 35.5. The second kappa shape index (κ2) is 9.45. The largest absolute Gasteiger partial charge is 0.459 e. The molecule has 1 fully saturated rings. The van der Waals surface area contributed by atoms with Crippen LogP contribution in [0.2, 0.25) is 10.0 Å². The lowest BCUT2D eigenvalue weighted by atomic mass is 9.95. The van der Waals surface area contributed by atoms with Gasteiger partial charge < -0.3 is 19.4 Å². The Labute approximate surface area is 189 Å². The van der Waals surface area contributed by atoms with E-state index in [1.807, 2.05) is 0 Å². The number of halogens is 2. The van der Waals surface area contributed by atoms with Gasteiger partial charge in [0.2, 0.25) is 5.91 Å². The van der Waals surface area contributed by atoms with E-state index in [-0.39, 0.29) is 17.7 Å². The van der Waals surface area contributed by atoms with Crippen molar-refractivity contribution >= 4 is 40.7 Å². The highest BCUT2D eigenvalue weighted by Gasteiger charge is 2.29. The van der Waals surface area contributed by atoms with Crippen molar-refractivity contribution in [1.29, 1.82) is 0 Å². The highest BCUT2D eigenvalue weighted by Crippen LogP contribution is 2.33. The maximum atomic E-state index is 12.9. The van der Waals surface area contributed by atoms with Gasteiger partial charge in [-0.05, 0) is 67.4 Å².